The number of esters is 1. The van der Waals surface area contributed by atoms with E-state index in [9.17, 15) is 23.2 Å². The minimum atomic E-state index is -4.43. The molecule has 43 heavy (non-hydrogen) atoms. The minimum absolute atomic E-state index is 0.0555. The first-order chi connectivity index (χ1) is 20.6. The zero-order valence-corrected chi connectivity index (χ0v) is 24.4. The van der Waals surface area contributed by atoms with Crippen molar-refractivity contribution in [3.05, 3.63) is 89.0 Å². The van der Waals surface area contributed by atoms with Gasteiger partial charge in [0.25, 0.3) is 0 Å². The summed E-state index contributed by atoms with van der Waals surface area (Å²) in [5.74, 6) is -0.0147. The van der Waals surface area contributed by atoms with Crippen LogP contribution in [-0.2, 0) is 17.6 Å². The maximum atomic E-state index is 12.6. The monoisotopic (exact) mass is 595 g/mol. The number of hydrogen-bond donors (Lipinski definition) is 0. The second-order valence-corrected chi connectivity index (χ2v) is 10.6. The summed E-state index contributed by atoms with van der Waals surface area (Å²) in [5, 5.41) is 9.94. The molecule has 0 unspecified atom stereocenters. The lowest BCUT2D eigenvalue weighted by Gasteiger charge is -2.26. The molecule has 0 aromatic heterocycles. The molecule has 228 valence electrons. The number of nitriles is 1. The Kier molecular flexibility index (Phi) is 10.9. The van der Waals surface area contributed by atoms with Crippen LogP contribution in [0.25, 0.3) is 0 Å². The summed E-state index contributed by atoms with van der Waals surface area (Å²) in [6, 6.07) is 21.8. The number of carbonyl (C=O) groups excluding carboxylic acids is 1. The third-order valence-electron chi connectivity index (χ3n) is 7.38. The Balaban J connectivity index is 1.27. The largest absolute Gasteiger partial charge is 0.488 e. The van der Waals surface area contributed by atoms with E-state index in [0.717, 1.165) is 36.2 Å². The van der Waals surface area contributed by atoms with Gasteiger partial charge in [-0.05, 0) is 74.7 Å². The molecule has 4 rings (SSSR count). The molecule has 0 bridgehead atoms. The molecule has 0 saturated carbocycles. The van der Waals surface area contributed by atoms with Crippen molar-refractivity contribution < 1.29 is 32.2 Å². The van der Waals surface area contributed by atoms with Gasteiger partial charge in [0.05, 0.1) is 23.4 Å². The van der Waals surface area contributed by atoms with E-state index in [1.54, 1.807) is 42.5 Å². The number of fused-ring (bicyclic) bond motifs is 1. The summed E-state index contributed by atoms with van der Waals surface area (Å²) in [6.07, 6.45) is -2.20. The summed E-state index contributed by atoms with van der Waals surface area (Å²) < 4.78 is 53.8. The smallest absolute Gasteiger partial charge is 0.422 e. The van der Waals surface area contributed by atoms with Gasteiger partial charge in [-0.3, -0.25) is 4.90 Å². The standard InChI is InChI=1S/C33H36F3N3O4/c1-24(38(2)16-18-41-29-11-6-7-12-30(29)43-23-33(34,35)36)19-25-20-27-13-15-39(31(27)28(21-25)22-37)14-8-17-42-32(40)26-9-4-3-5-10-26/h3-7,9-12,20-21,24H,8,13-19,23H2,1-2H3/t24-/m1/s1. The molecule has 1 heterocycles. The van der Waals surface area contributed by atoms with Crippen LogP contribution >= 0.6 is 0 Å². The van der Waals surface area contributed by atoms with Crippen molar-refractivity contribution >= 4 is 11.7 Å². The van der Waals surface area contributed by atoms with Crippen LogP contribution in [0.3, 0.4) is 0 Å². The number of hydrogen-bond acceptors (Lipinski definition) is 7. The molecular formula is C33H36F3N3O4. The van der Waals surface area contributed by atoms with E-state index in [1.165, 1.54) is 6.07 Å². The fourth-order valence-electron chi connectivity index (χ4n) is 5.06. The normalized spacial score (nSPS) is 13.4. The van der Waals surface area contributed by atoms with Gasteiger partial charge in [-0.25, -0.2) is 4.79 Å². The SMILES string of the molecule is C[C@H](Cc1cc(C#N)c2c(c1)CCN2CCCOC(=O)c1ccccc1)N(C)CCOc1ccccc1OCC(F)(F)F. The fourth-order valence-corrected chi connectivity index (χ4v) is 5.06. The Morgan fingerprint density at radius 3 is 2.44 bits per heavy atom. The number of ether oxygens (including phenoxy) is 3. The number of halogens is 3. The lowest BCUT2D eigenvalue weighted by molar-refractivity contribution is -0.153. The number of rotatable bonds is 14. The molecule has 0 spiro atoms. The maximum Gasteiger partial charge on any atom is 0.422 e. The molecule has 10 heteroatoms. The fraction of sp³-hybridized carbons (Fsp3) is 0.394. The molecule has 0 saturated heterocycles. The van der Waals surface area contributed by atoms with E-state index in [1.807, 2.05) is 19.2 Å². The number of para-hydroxylation sites is 2. The first-order valence-electron chi connectivity index (χ1n) is 14.3. The lowest BCUT2D eigenvalue weighted by Crippen LogP contribution is -2.34. The molecular weight excluding hydrogens is 559 g/mol. The van der Waals surface area contributed by atoms with Crippen LogP contribution in [0, 0.1) is 11.3 Å². The third-order valence-corrected chi connectivity index (χ3v) is 7.38. The van der Waals surface area contributed by atoms with Gasteiger partial charge >= 0.3 is 12.1 Å². The number of carbonyl (C=O) groups is 1. The highest BCUT2D eigenvalue weighted by molar-refractivity contribution is 5.89. The Hall–Kier alpha value is -4.23. The van der Waals surface area contributed by atoms with Gasteiger partial charge in [0.2, 0.25) is 0 Å². The molecule has 3 aromatic rings. The molecule has 0 fully saturated rings. The molecule has 1 atom stereocenters. The van der Waals surface area contributed by atoms with E-state index in [-0.39, 0.29) is 30.1 Å². The van der Waals surface area contributed by atoms with Gasteiger partial charge in [0, 0.05) is 25.7 Å². The molecule has 0 amide bonds. The third kappa shape index (κ3) is 9.13. The van der Waals surface area contributed by atoms with Gasteiger partial charge < -0.3 is 19.1 Å². The Bertz CT molecular complexity index is 1410. The van der Waals surface area contributed by atoms with Crippen molar-refractivity contribution in [1.82, 2.24) is 4.90 Å². The van der Waals surface area contributed by atoms with Gasteiger partial charge in [0.1, 0.15) is 12.7 Å². The van der Waals surface area contributed by atoms with Crippen LogP contribution in [0.2, 0.25) is 0 Å². The predicted octanol–water partition coefficient (Wildman–Crippen LogP) is 6.05. The van der Waals surface area contributed by atoms with E-state index in [4.69, 9.17) is 14.2 Å². The molecule has 0 aliphatic carbocycles. The van der Waals surface area contributed by atoms with Gasteiger partial charge in [-0.1, -0.05) is 36.4 Å². The summed E-state index contributed by atoms with van der Waals surface area (Å²) in [5.41, 5.74) is 4.34. The van der Waals surface area contributed by atoms with Crippen LogP contribution in [0.4, 0.5) is 18.9 Å². The number of anilines is 1. The van der Waals surface area contributed by atoms with Crippen LogP contribution < -0.4 is 14.4 Å². The highest BCUT2D eigenvalue weighted by atomic mass is 19.4. The van der Waals surface area contributed by atoms with Crippen molar-refractivity contribution in [1.29, 1.82) is 5.26 Å². The Morgan fingerprint density at radius 1 is 1.05 bits per heavy atom. The highest BCUT2D eigenvalue weighted by Gasteiger charge is 2.29. The first-order valence-corrected chi connectivity index (χ1v) is 14.3. The van der Waals surface area contributed by atoms with E-state index in [2.05, 4.69) is 28.9 Å². The average molecular weight is 596 g/mol. The second-order valence-electron chi connectivity index (χ2n) is 10.6. The molecule has 1 aliphatic rings. The predicted molar refractivity (Wildman–Crippen MR) is 158 cm³/mol. The summed E-state index contributed by atoms with van der Waals surface area (Å²) in [7, 11) is 1.96. The Morgan fingerprint density at radius 2 is 1.74 bits per heavy atom. The quantitative estimate of drug-likeness (QED) is 0.166. The minimum Gasteiger partial charge on any atom is -0.488 e. The number of nitrogens with zero attached hydrogens (tertiary/aromatic N) is 3. The average Bonchev–Trinajstić information content (AvgIpc) is 3.41. The van der Waals surface area contributed by atoms with Crippen molar-refractivity contribution in [2.45, 2.75) is 38.4 Å². The van der Waals surface area contributed by atoms with Crippen LogP contribution in [0.5, 0.6) is 11.5 Å². The first kappa shape index (κ1) is 31.7. The highest BCUT2D eigenvalue weighted by Crippen LogP contribution is 2.34. The molecule has 7 nitrogen and oxygen atoms in total. The van der Waals surface area contributed by atoms with Crippen LogP contribution in [0.1, 0.15) is 40.4 Å². The zero-order valence-electron chi connectivity index (χ0n) is 24.4. The molecule has 0 N–H and O–H groups in total. The summed E-state index contributed by atoms with van der Waals surface area (Å²) in [6.45, 7) is 3.33. The number of alkyl halides is 3. The van der Waals surface area contributed by atoms with Gasteiger partial charge in [0.15, 0.2) is 18.1 Å². The number of likely N-dealkylation sites (N-methyl/N-ethyl adjacent to an activating group) is 1. The van der Waals surface area contributed by atoms with E-state index in [0.29, 0.717) is 37.2 Å². The van der Waals surface area contributed by atoms with E-state index >= 15 is 0 Å². The van der Waals surface area contributed by atoms with Crippen LogP contribution in [-0.4, -0.2) is 69.6 Å². The molecule has 3 aromatic carbocycles. The topological polar surface area (TPSA) is 75.0 Å². The van der Waals surface area contributed by atoms with Crippen LogP contribution in [0.15, 0.2) is 66.7 Å². The van der Waals surface area contributed by atoms with E-state index < -0.39 is 12.8 Å². The Labute approximate surface area is 250 Å². The van der Waals surface area contributed by atoms with Gasteiger partial charge in [-0.2, -0.15) is 18.4 Å². The summed E-state index contributed by atoms with van der Waals surface area (Å²) in [4.78, 5) is 16.5. The lowest BCUT2D eigenvalue weighted by atomic mass is 9.98. The maximum absolute atomic E-state index is 12.6. The molecule has 1 aliphatic heterocycles. The molecule has 0 radical (unpaired) electrons. The summed E-state index contributed by atoms with van der Waals surface area (Å²) >= 11 is 0. The zero-order chi connectivity index (χ0) is 30.8. The van der Waals surface area contributed by atoms with Gasteiger partial charge in [-0.15, -0.1) is 0 Å². The van der Waals surface area contributed by atoms with Crippen molar-refractivity contribution in [3.63, 3.8) is 0 Å². The second kappa shape index (κ2) is 14.8. The van der Waals surface area contributed by atoms with Crippen molar-refractivity contribution in [3.8, 4) is 17.6 Å². The van der Waals surface area contributed by atoms with Crippen molar-refractivity contribution in [2.75, 3.05) is 51.4 Å². The number of benzene rings is 3. The van der Waals surface area contributed by atoms with Crippen molar-refractivity contribution in [2.24, 2.45) is 0 Å².